The number of rotatable bonds is 5. The van der Waals surface area contributed by atoms with Gasteiger partial charge >= 0.3 is 0 Å². The highest BCUT2D eigenvalue weighted by Gasteiger charge is 2.21. The summed E-state index contributed by atoms with van der Waals surface area (Å²) in [5.74, 6) is 1.41. The van der Waals surface area contributed by atoms with E-state index in [4.69, 9.17) is 10.2 Å². The molecular weight excluding hydrogens is 380 g/mol. The Morgan fingerprint density at radius 2 is 2.00 bits per heavy atom. The average Bonchev–Trinajstić information content (AvgIpc) is 3.11. The minimum Gasteiger partial charge on any atom is -0.447 e. The van der Waals surface area contributed by atoms with E-state index in [-0.39, 0.29) is 5.09 Å². The summed E-state index contributed by atoms with van der Waals surface area (Å²) in [6, 6.07) is 3.10. The van der Waals surface area contributed by atoms with E-state index in [2.05, 4.69) is 9.97 Å². The second kappa shape index (κ2) is 6.60. The molecule has 0 aromatic carbocycles. The molecule has 0 amide bonds. The van der Waals surface area contributed by atoms with Gasteiger partial charge in [-0.1, -0.05) is 11.8 Å². The molecule has 25 heavy (non-hydrogen) atoms. The summed E-state index contributed by atoms with van der Waals surface area (Å²) in [5, 5.41) is 1.37. The van der Waals surface area contributed by atoms with Crippen LogP contribution in [0.15, 0.2) is 26.8 Å². The van der Waals surface area contributed by atoms with Gasteiger partial charge in [-0.15, -0.1) is 11.3 Å². The van der Waals surface area contributed by atoms with Crippen molar-refractivity contribution in [2.45, 2.75) is 29.8 Å². The highest BCUT2D eigenvalue weighted by molar-refractivity contribution is 7.98. The van der Waals surface area contributed by atoms with Crippen LogP contribution in [0.4, 0.5) is 5.82 Å². The minimum atomic E-state index is -3.57. The van der Waals surface area contributed by atoms with Crippen LogP contribution < -0.4 is 5.73 Å². The third-order valence-electron chi connectivity index (χ3n) is 3.75. The van der Waals surface area contributed by atoms with Gasteiger partial charge in [0.05, 0.1) is 11.1 Å². The van der Waals surface area contributed by atoms with Gasteiger partial charge in [0.1, 0.15) is 16.4 Å². The van der Waals surface area contributed by atoms with Crippen molar-refractivity contribution >= 4 is 49.2 Å². The Balaban J connectivity index is 1.81. The molecule has 0 aliphatic carbocycles. The van der Waals surface area contributed by atoms with E-state index in [1.54, 1.807) is 17.4 Å². The zero-order valence-electron chi connectivity index (χ0n) is 14.2. The second-order valence-corrected chi connectivity index (χ2v) is 9.88. The normalized spacial score (nSPS) is 12.4. The van der Waals surface area contributed by atoms with Gasteiger partial charge in [-0.2, -0.15) is 0 Å². The number of aromatic nitrogens is 2. The number of hydrogen-bond acceptors (Lipinski definition) is 8. The first-order valence-corrected chi connectivity index (χ1v) is 10.6. The molecule has 0 unspecified atom stereocenters. The lowest BCUT2D eigenvalue weighted by molar-refractivity contribution is 0.408. The number of nitrogen functional groups attached to an aromatic ring is 1. The summed E-state index contributed by atoms with van der Waals surface area (Å²) in [7, 11) is -0.646. The molecule has 0 saturated carbocycles. The number of anilines is 1. The van der Waals surface area contributed by atoms with Crippen LogP contribution in [0.3, 0.4) is 0 Å². The molecule has 10 heteroatoms. The Morgan fingerprint density at radius 1 is 1.28 bits per heavy atom. The number of aryl methyl sites for hydroxylation is 2. The summed E-state index contributed by atoms with van der Waals surface area (Å²) < 4.78 is 30.6. The van der Waals surface area contributed by atoms with Crippen LogP contribution in [0.1, 0.15) is 16.2 Å². The van der Waals surface area contributed by atoms with Crippen molar-refractivity contribution < 1.29 is 12.8 Å². The van der Waals surface area contributed by atoms with Gasteiger partial charge in [-0.05, 0) is 31.5 Å². The maximum Gasteiger partial charge on any atom is 0.275 e. The van der Waals surface area contributed by atoms with Crippen LogP contribution in [0.5, 0.6) is 0 Å². The van der Waals surface area contributed by atoms with E-state index in [0.29, 0.717) is 22.5 Å². The number of fused-ring (bicyclic) bond motifs is 1. The van der Waals surface area contributed by atoms with Crippen molar-refractivity contribution in [2.75, 3.05) is 19.8 Å². The predicted octanol–water partition coefficient (Wildman–Crippen LogP) is 3.03. The molecule has 3 aromatic rings. The van der Waals surface area contributed by atoms with Crippen molar-refractivity contribution in [3.8, 4) is 0 Å². The summed E-state index contributed by atoms with van der Waals surface area (Å²) >= 11 is 2.94. The fourth-order valence-electron chi connectivity index (χ4n) is 2.21. The lowest BCUT2D eigenvalue weighted by atomic mass is 10.2. The van der Waals surface area contributed by atoms with Crippen LogP contribution in [0.25, 0.3) is 10.2 Å². The Labute approximate surface area is 154 Å². The number of hydrogen-bond donors (Lipinski definition) is 1. The zero-order valence-corrected chi connectivity index (χ0v) is 16.7. The third kappa shape index (κ3) is 3.39. The molecular formula is C15H18N4O3S3. The topological polar surface area (TPSA) is 102 Å². The van der Waals surface area contributed by atoms with Crippen molar-refractivity contribution in [2.24, 2.45) is 0 Å². The molecule has 0 saturated heterocycles. The van der Waals surface area contributed by atoms with Crippen LogP contribution >= 0.6 is 23.1 Å². The molecule has 0 fully saturated rings. The van der Waals surface area contributed by atoms with Gasteiger partial charge in [-0.25, -0.2) is 22.7 Å². The van der Waals surface area contributed by atoms with Crippen molar-refractivity contribution in [1.29, 1.82) is 0 Å². The van der Waals surface area contributed by atoms with Crippen LogP contribution in [0, 0.1) is 13.8 Å². The number of thioether (sulfide) groups is 1. The zero-order chi connectivity index (χ0) is 18.4. The quantitative estimate of drug-likeness (QED) is 0.520. The molecule has 0 bridgehead atoms. The summed E-state index contributed by atoms with van der Waals surface area (Å²) in [5.41, 5.74) is 7.18. The van der Waals surface area contributed by atoms with Gasteiger partial charge in [0.25, 0.3) is 10.0 Å². The van der Waals surface area contributed by atoms with Crippen molar-refractivity contribution in [3.63, 3.8) is 0 Å². The molecule has 0 aliphatic heterocycles. The van der Waals surface area contributed by atoms with Gasteiger partial charge in [0.15, 0.2) is 5.16 Å². The molecule has 0 aliphatic rings. The van der Waals surface area contributed by atoms with Gasteiger partial charge in [-0.3, -0.25) is 0 Å². The molecule has 0 spiro atoms. The van der Waals surface area contributed by atoms with Crippen LogP contribution in [-0.4, -0.2) is 36.8 Å². The molecule has 134 valence electrons. The van der Waals surface area contributed by atoms with Crippen LogP contribution in [0.2, 0.25) is 0 Å². The molecule has 3 aromatic heterocycles. The molecule has 0 atom stereocenters. The van der Waals surface area contributed by atoms with Gasteiger partial charge in [0, 0.05) is 19.0 Å². The Kier molecular flexibility index (Phi) is 4.80. The predicted molar refractivity (Wildman–Crippen MR) is 100 cm³/mol. The van der Waals surface area contributed by atoms with E-state index in [1.807, 2.05) is 13.8 Å². The molecule has 3 heterocycles. The second-order valence-electron chi connectivity index (χ2n) is 5.65. The maximum absolute atomic E-state index is 12.0. The minimum absolute atomic E-state index is 0.0755. The highest BCUT2D eigenvalue weighted by atomic mass is 32.2. The first kappa shape index (κ1) is 18.2. The number of sulfonamides is 1. The van der Waals surface area contributed by atoms with E-state index in [0.717, 1.165) is 20.1 Å². The largest absolute Gasteiger partial charge is 0.447 e. The van der Waals surface area contributed by atoms with E-state index >= 15 is 0 Å². The molecule has 7 nitrogen and oxygen atoms in total. The molecule has 2 N–H and O–H groups in total. The Morgan fingerprint density at radius 3 is 2.68 bits per heavy atom. The summed E-state index contributed by atoms with van der Waals surface area (Å²) in [6.07, 6.45) is 0. The Hall–Kier alpha value is -1.62. The number of nitrogens with two attached hydrogens (primary N) is 1. The summed E-state index contributed by atoms with van der Waals surface area (Å²) in [4.78, 5) is 10.9. The lowest BCUT2D eigenvalue weighted by Crippen LogP contribution is -2.21. The first-order chi connectivity index (χ1) is 11.7. The van der Waals surface area contributed by atoms with E-state index < -0.39 is 10.0 Å². The van der Waals surface area contributed by atoms with Gasteiger partial charge in [0.2, 0.25) is 5.09 Å². The molecule has 3 rings (SSSR count). The lowest BCUT2D eigenvalue weighted by Gasteiger charge is -2.07. The van der Waals surface area contributed by atoms with Gasteiger partial charge < -0.3 is 10.2 Å². The average molecular weight is 399 g/mol. The number of furan rings is 1. The summed E-state index contributed by atoms with van der Waals surface area (Å²) in [6.45, 7) is 4.04. The third-order valence-corrected chi connectivity index (χ3v) is 7.41. The van der Waals surface area contributed by atoms with E-state index in [9.17, 15) is 8.42 Å². The SMILES string of the molecule is Cc1sc2nc(SCc3ccc(S(=O)(=O)N(C)C)o3)nc(N)c2c1C. The monoisotopic (exact) mass is 398 g/mol. The Bertz CT molecular complexity index is 1040. The van der Waals surface area contributed by atoms with Crippen molar-refractivity contribution in [1.82, 2.24) is 14.3 Å². The fourth-order valence-corrected chi connectivity index (χ4v) is 4.87. The molecule has 0 radical (unpaired) electrons. The maximum atomic E-state index is 12.0. The van der Waals surface area contributed by atoms with Crippen LogP contribution in [-0.2, 0) is 15.8 Å². The van der Waals surface area contributed by atoms with Crippen molar-refractivity contribution in [3.05, 3.63) is 28.3 Å². The first-order valence-electron chi connectivity index (χ1n) is 7.37. The highest BCUT2D eigenvalue weighted by Crippen LogP contribution is 2.34. The number of nitrogens with zero attached hydrogens (tertiary/aromatic N) is 3. The number of thiophene rings is 1. The van der Waals surface area contributed by atoms with E-state index in [1.165, 1.54) is 36.8 Å². The fraction of sp³-hybridized carbons (Fsp3) is 0.333. The smallest absolute Gasteiger partial charge is 0.275 e. The standard InChI is InChI=1S/C15H18N4O3S3/c1-8-9(2)24-14-12(8)13(16)17-15(18-14)23-7-10-5-6-11(22-10)25(20,21)19(3)4/h5-6H,7H2,1-4H3,(H2,16,17,18).